The van der Waals surface area contributed by atoms with Crippen molar-refractivity contribution >= 4 is 15.7 Å². The Hall–Kier alpha value is -1.92. The average molecular weight is 362 g/mol. The van der Waals surface area contributed by atoms with Gasteiger partial charge < -0.3 is 4.90 Å². The molecule has 0 spiro atoms. The lowest BCUT2D eigenvalue weighted by Crippen LogP contribution is -2.25. The molecule has 0 unspecified atom stereocenters. The minimum Gasteiger partial charge on any atom is -0.372 e. The fourth-order valence-electron chi connectivity index (χ4n) is 3.07. The number of halogens is 1. The Morgan fingerprint density at radius 1 is 1.04 bits per heavy atom. The SMILES string of the molecule is O=S(=O)(NCCCc1ccc(N2CCCC2)cc1)c1cccc(F)c1. The number of sulfonamides is 1. The fourth-order valence-corrected chi connectivity index (χ4v) is 4.17. The molecule has 1 aliphatic rings. The van der Waals surface area contributed by atoms with E-state index in [1.54, 1.807) is 0 Å². The fraction of sp³-hybridized carbons (Fsp3) is 0.368. The average Bonchev–Trinajstić information content (AvgIpc) is 3.14. The number of anilines is 1. The molecule has 1 fully saturated rings. The number of rotatable bonds is 7. The second-order valence-electron chi connectivity index (χ2n) is 6.32. The van der Waals surface area contributed by atoms with Crippen LogP contribution in [0.1, 0.15) is 24.8 Å². The summed E-state index contributed by atoms with van der Waals surface area (Å²) in [6.45, 7) is 2.58. The normalized spacial score (nSPS) is 14.8. The highest BCUT2D eigenvalue weighted by molar-refractivity contribution is 7.89. The number of hydrogen-bond acceptors (Lipinski definition) is 3. The lowest BCUT2D eigenvalue weighted by atomic mass is 10.1. The predicted octanol–water partition coefficient (Wildman–Crippen LogP) is 3.34. The number of hydrogen-bond donors (Lipinski definition) is 1. The Kier molecular flexibility index (Phi) is 5.71. The van der Waals surface area contributed by atoms with Crippen LogP contribution >= 0.6 is 0 Å². The topological polar surface area (TPSA) is 49.4 Å². The first-order valence-electron chi connectivity index (χ1n) is 8.64. The lowest BCUT2D eigenvalue weighted by molar-refractivity contribution is 0.575. The van der Waals surface area contributed by atoms with E-state index >= 15 is 0 Å². The maximum atomic E-state index is 13.2. The van der Waals surface area contributed by atoms with E-state index in [-0.39, 0.29) is 4.90 Å². The van der Waals surface area contributed by atoms with Gasteiger partial charge in [-0.25, -0.2) is 17.5 Å². The maximum Gasteiger partial charge on any atom is 0.240 e. The zero-order valence-electron chi connectivity index (χ0n) is 14.1. The van der Waals surface area contributed by atoms with Crippen LogP contribution in [0.2, 0.25) is 0 Å². The van der Waals surface area contributed by atoms with Crippen LogP contribution < -0.4 is 9.62 Å². The van der Waals surface area contributed by atoms with Gasteiger partial charge in [-0.2, -0.15) is 0 Å². The van der Waals surface area contributed by atoms with E-state index in [4.69, 9.17) is 0 Å². The second kappa shape index (κ2) is 7.97. The molecule has 134 valence electrons. The number of nitrogens with zero attached hydrogens (tertiary/aromatic N) is 1. The minimum atomic E-state index is -3.65. The Bertz CT molecular complexity index is 800. The summed E-state index contributed by atoms with van der Waals surface area (Å²) in [6.07, 6.45) is 4.00. The Balaban J connectivity index is 1.48. The van der Waals surface area contributed by atoms with Gasteiger partial charge in [0.2, 0.25) is 10.0 Å². The molecule has 2 aromatic carbocycles. The van der Waals surface area contributed by atoms with E-state index in [1.165, 1.54) is 42.3 Å². The van der Waals surface area contributed by atoms with Crippen molar-refractivity contribution in [3.63, 3.8) is 0 Å². The van der Waals surface area contributed by atoms with Crippen molar-refractivity contribution in [2.75, 3.05) is 24.5 Å². The van der Waals surface area contributed by atoms with Crippen molar-refractivity contribution in [3.05, 3.63) is 59.9 Å². The second-order valence-corrected chi connectivity index (χ2v) is 8.09. The van der Waals surface area contributed by atoms with Gasteiger partial charge in [0.15, 0.2) is 0 Å². The molecule has 0 bridgehead atoms. The summed E-state index contributed by atoms with van der Waals surface area (Å²) in [5, 5.41) is 0. The summed E-state index contributed by atoms with van der Waals surface area (Å²) in [7, 11) is -3.65. The van der Waals surface area contributed by atoms with Crippen molar-refractivity contribution in [1.82, 2.24) is 4.72 Å². The van der Waals surface area contributed by atoms with E-state index < -0.39 is 15.8 Å². The molecule has 1 aliphatic heterocycles. The molecule has 0 radical (unpaired) electrons. The molecule has 1 saturated heterocycles. The third kappa shape index (κ3) is 4.80. The van der Waals surface area contributed by atoms with Gasteiger partial charge >= 0.3 is 0 Å². The lowest BCUT2D eigenvalue weighted by Gasteiger charge is -2.17. The van der Waals surface area contributed by atoms with Crippen LogP contribution in [0.3, 0.4) is 0 Å². The molecule has 0 saturated carbocycles. The Morgan fingerprint density at radius 2 is 1.76 bits per heavy atom. The highest BCUT2D eigenvalue weighted by Crippen LogP contribution is 2.20. The molecule has 0 atom stereocenters. The van der Waals surface area contributed by atoms with Crippen LogP contribution in [0.15, 0.2) is 53.4 Å². The molecule has 3 rings (SSSR count). The van der Waals surface area contributed by atoms with Gasteiger partial charge in [0, 0.05) is 25.3 Å². The summed E-state index contributed by atoms with van der Waals surface area (Å²) in [5.74, 6) is -0.555. The van der Waals surface area contributed by atoms with Crippen molar-refractivity contribution in [2.45, 2.75) is 30.6 Å². The van der Waals surface area contributed by atoms with Crippen LogP contribution in [0.25, 0.3) is 0 Å². The first kappa shape index (κ1) is 17.9. The van der Waals surface area contributed by atoms with Crippen LogP contribution in [-0.2, 0) is 16.4 Å². The van der Waals surface area contributed by atoms with E-state index in [2.05, 4.69) is 33.9 Å². The van der Waals surface area contributed by atoms with Gasteiger partial charge in [0.05, 0.1) is 4.90 Å². The molecule has 1 N–H and O–H groups in total. The smallest absolute Gasteiger partial charge is 0.240 e. The van der Waals surface area contributed by atoms with Crippen molar-refractivity contribution in [1.29, 1.82) is 0 Å². The standard InChI is InChI=1S/C19H23FN2O2S/c20-17-6-3-7-19(15-17)25(23,24)21-12-4-5-16-8-10-18(11-9-16)22-13-1-2-14-22/h3,6-11,15,21H,1-2,4-5,12-14H2. The monoisotopic (exact) mass is 362 g/mol. The molecular formula is C19H23FN2O2S. The summed E-state index contributed by atoms with van der Waals surface area (Å²) < 4.78 is 39.9. The van der Waals surface area contributed by atoms with Crippen molar-refractivity contribution < 1.29 is 12.8 Å². The minimum absolute atomic E-state index is 0.0394. The van der Waals surface area contributed by atoms with Gasteiger partial charge in [-0.15, -0.1) is 0 Å². The zero-order valence-corrected chi connectivity index (χ0v) is 14.9. The molecule has 0 aromatic heterocycles. The van der Waals surface area contributed by atoms with E-state index in [9.17, 15) is 12.8 Å². The molecular weight excluding hydrogens is 339 g/mol. The van der Waals surface area contributed by atoms with Gasteiger partial charge in [0.25, 0.3) is 0 Å². The van der Waals surface area contributed by atoms with Gasteiger partial charge in [-0.3, -0.25) is 0 Å². The first-order valence-corrected chi connectivity index (χ1v) is 10.1. The van der Waals surface area contributed by atoms with Crippen LogP contribution in [0.4, 0.5) is 10.1 Å². The quantitative estimate of drug-likeness (QED) is 0.769. The predicted molar refractivity (Wildman–Crippen MR) is 97.8 cm³/mol. The summed E-state index contributed by atoms with van der Waals surface area (Å²) in [6, 6.07) is 13.5. The van der Waals surface area contributed by atoms with E-state index in [0.717, 1.165) is 25.6 Å². The van der Waals surface area contributed by atoms with Gasteiger partial charge in [-0.1, -0.05) is 18.2 Å². The third-order valence-corrected chi connectivity index (χ3v) is 5.91. The van der Waals surface area contributed by atoms with Gasteiger partial charge in [-0.05, 0) is 61.6 Å². The molecule has 6 heteroatoms. The van der Waals surface area contributed by atoms with Crippen LogP contribution in [-0.4, -0.2) is 28.1 Å². The first-order chi connectivity index (χ1) is 12.0. The van der Waals surface area contributed by atoms with E-state index in [1.807, 2.05) is 0 Å². The number of benzene rings is 2. The van der Waals surface area contributed by atoms with Gasteiger partial charge in [0.1, 0.15) is 5.82 Å². The molecule has 1 heterocycles. The molecule has 2 aromatic rings. The molecule has 0 aliphatic carbocycles. The largest absolute Gasteiger partial charge is 0.372 e. The Labute approximate surface area is 148 Å². The third-order valence-electron chi connectivity index (χ3n) is 4.45. The zero-order chi connectivity index (χ0) is 17.7. The number of nitrogens with one attached hydrogen (secondary N) is 1. The van der Waals surface area contributed by atoms with Crippen molar-refractivity contribution in [3.8, 4) is 0 Å². The summed E-state index contributed by atoms with van der Waals surface area (Å²) in [5.41, 5.74) is 2.45. The molecule has 4 nitrogen and oxygen atoms in total. The highest BCUT2D eigenvalue weighted by atomic mass is 32.2. The molecule has 25 heavy (non-hydrogen) atoms. The maximum absolute atomic E-state index is 13.2. The highest BCUT2D eigenvalue weighted by Gasteiger charge is 2.14. The van der Waals surface area contributed by atoms with E-state index in [0.29, 0.717) is 13.0 Å². The van der Waals surface area contributed by atoms with Crippen molar-refractivity contribution in [2.24, 2.45) is 0 Å². The van der Waals surface area contributed by atoms with Crippen LogP contribution in [0.5, 0.6) is 0 Å². The number of aryl methyl sites for hydroxylation is 1. The summed E-state index contributed by atoms with van der Waals surface area (Å²) >= 11 is 0. The Morgan fingerprint density at radius 3 is 2.44 bits per heavy atom. The van der Waals surface area contributed by atoms with Crippen LogP contribution in [0, 0.1) is 5.82 Å². The summed E-state index contributed by atoms with van der Waals surface area (Å²) in [4.78, 5) is 2.35. The molecule has 0 amide bonds.